The second kappa shape index (κ2) is 8.36. The van der Waals surface area contributed by atoms with Crippen molar-refractivity contribution in [3.63, 3.8) is 0 Å². The minimum atomic E-state index is -0.0820. The Bertz CT molecular complexity index is 135. The molecule has 2 nitrogen and oxygen atoms in total. The zero-order valence-corrected chi connectivity index (χ0v) is 9.27. The predicted molar refractivity (Wildman–Crippen MR) is 55.0 cm³/mol. The third-order valence-corrected chi connectivity index (χ3v) is 2.01. The van der Waals surface area contributed by atoms with Crippen LogP contribution in [0.25, 0.3) is 0 Å². The van der Waals surface area contributed by atoms with E-state index in [0.29, 0.717) is 13.0 Å². The van der Waals surface area contributed by atoms with E-state index >= 15 is 0 Å². The number of alkyl halides is 1. The second-order valence-electron chi connectivity index (χ2n) is 3.19. The molecule has 0 aliphatic rings. The summed E-state index contributed by atoms with van der Waals surface area (Å²) in [6.07, 6.45) is 4.66. The lowest BCUT2D eigenvalue weighted by Crippen LogP contribution is -2.03. The van der Waals surface area contributed by atoms with Crippen molar-refractivity contribution in [1.29, 1.82) is 0 Å². The van der Waals surface area contributed by atoms with Crippen molar-refractivity contribution in [1.82, 2.24) is 0 Å². The maximum Gasteiger partial charge on any atom is 0.305 e. The molecular weight excluding hydrogens is 188 g/mol. The molecule has 0 saturated heterocycles. The number of ether oxygens (including phenoxy) is 1. The number of carbonyl (C=O) groups excluding carboxylic acids is 1. The second-order valence-corrected chi connectivity index (χ2v) is 3.93. The molecule has 0 aromatic rings. The molecule has 0 N–H and O–H groups in total. The maximum absolute atomic E-state index is 10.9. The van der Waals surface area contributed by atoms with E-state index in [4.69, 9.17) is 16.3 Å². The quantitative estimate of drug-likeness (QED) is 0.364. The Hall–Kier alpha value is -0.240. The van der Waals surface area contributed by atoms with Crippen molar-refractivity contribution in [2.45, 2.75) is 51.3 Å². The van der Waals surface area contributed by atoms with Gasteiger partial charge < -0.3 is 4.74 Å². The fourth-order valence-corrected chi connectivity index (χ4v) is 1.26. The van der Waals surface area contributed by atoms with E-state index in [1.165, 1.54) is 0 Å². The summed E-state index contributed by atoms with van der Waals surface area (Å²) < 4.78 is 4.80. The van der Waals surface area contributed by atoms with E-state index in [9.17, 15) is 4.79 Å². The molecule has 0 fully saturated rings. The third-order valence-electron chi connectivity index (χ3n) is 1.79. The van der Waals surface area contributed by atoms with Crippen LogP contribution in [-0.4, -0.2) is 18.0 Å². The Morgan fingerprint density at radius 2 is 2.08 bits per heavy atom. The van der Waals surface area contributed by atoms with Gasteiger partial charge in [0.25, 0.3) is 0 Å². The highest BCUT2D eigenvalue weighted by Gasteiger charge is 2.01. The summed E-state index contributed by atoms with van der Waals surface area (Å²) in [7, 11) is 0. The number of hydrogen-bond donors (Lipinski definition) is 0. The highest BCUT2D eigenvalue weighted by molar-refractivity contribution is 6.20. The van der Waals surface area contributed by atoms with E-state index in [1.807, 2.05) is 13.8 Å². The molecular formula is C10H19ClO2. The molecule has 0 aliphatic carbocycles. The van der Waals surface area contributed by atoms with Gasteiger partial charge in [-0.1, -0.05) is 12.8 Å². The van der Waals surface area contributed by atoms with Crippen LogP contribution in [0.3, 0.4) is 0 Å². The fourth-order valence-electron chi connectivity index (χ4n) is 1.10. The molecule has 0 aliphatic heterocycles. The van der Waals surface area contributed by atoms with Gasteiger partial charge in [0.1, 0.15) is 0 Å². The van der Waals surface area contributed by atoms with E-state index in [0.717, 1.165) is 25.7 Å². The Labute approximate surface area is 85.6 Å². The molecule has 0 aromatic carbocycles. The average Bonchev–Trinajstić information content (AvgIpc) is 2.03. The lowest BCUT2D eigenvalue weighted by Gasteiger charge is -2.03. The normalized spacial score (nSPS) is 12.5. The molecule has 0 aromatic heterocycles. The lowest BCUT2D eigenvalue weighted by atomic mass is 10.1. The molecule has 0 amide bonds. The van der Waals surface area contributed by atoms with Crippen molar-refractivity contribution in [2.75, 3.05) is 6.61 Å². The zero-order valence-electron chi connectivity index (χ0n) is 8.51. The number of hydrogen-bond acceptors (Lipinski definition) is 2. The first-order valence-corrected chi connectivity index (χ1v) is 5.40. The minimum absolute atomic E-state index is 0.0820. The summed E-state index contributed by atoms with van der Waals surface area (Å²) in [6, 6.07) is 0. The van der Waals surface area contributed by atoms with Gasteiger partial charge in [-0.15, -0.1) is 11.6 Å². The molecule has 1 atom stereocenters. The van der Waals surface area contributed by atoms with Gasteiger partial charge in [0.2, 0.25) is 0 Å². The Morgan fingerprint density at radius 1 is 1.38 bits per heavy atom. The van der Waals surface area contributed by atoms with Gasteiger partial charge in [-0.2, -0.15) is 0 Å². The van der Waals surface area contributed by atoms with Crippen LogP contribution < -0.4 is 0 Å². The first-order chi connectivity index (χ1) is 6.16. The van der Waals surface area contributed by atoms with Crippen molar-refractivity contribution < 1.29 is 9.53 Å². The highest BCUT2D eigenvalue weighted by Crippen LogP contribution is 2.09. The molecule has 0 saturated carbocycles. The van der Waals surface area contributed by atoms with Crippen LogP contribution in [0.5, 0.6) is 0 Å². The molecule has 0 spiro atoms. The van der Waals surface area contributed by atoms with Gasteiger partial charge in [-0.05, 0) is 26.7 Å². The predicted octanol–water partition coefficient (Wildman–Crippen LogP) is 3.13. The summed E-state index contributed by atoms with van der Waals surface area (Å²) in [5, 5.41) is 0.252. The van der Waals surface area contributed by atoms with Crippen molar-refractivity contribution in [2.24, 2.45) is 0 Å². The van der Waals surface area contributed by atoms with Gasteiger partial charge in [0.05, 0.1) is 6.61 Å². The van der Waals surface area contributed by atoms with E-state index in [1.54, 1.807) is 0 Å². The first kappa shape index (κ1) is 12.8. The van der Waals surface area contributed by atoms with Gasteiger partial charge in [-0.25, -0.2) is 0 Å². The van der Waals surface area contributed by atoms with Crippen LogP contribution in [0.1, 0.15) is 46.0 Å². The van der Waals surface area contributed by atoms with Crippen LogP contribution in [0.4, 0.5) is 0 Å². The summed E-state index contributed by atoms with van der Waals surface area (Å²) >= 11 is 5.78. The fraction of sp³-hybridized carbons (Fsp3) is 0.900. The lowest BCUT2D eigenvalue weighted by molar-refractivity contribution is -0.143. The summed E-state index contributed by atoms with van der Waals surface area (Å²) in [6.45, 7) is 4.30. The number of halogens is 1. The van der Waals surface area contributed by atoms with Crippen LogP contribution in [0.15, 0.2) is 0 Å². The Morgan fingerprint density at radius 3 is 2.62 bits per heavy atom. The zero-order chi connectivity index (χ0) is 10.1. The monoisotopic (exact) mass is 206 g/mol. The van der Waals surface area contributed by atoms with Crippen LogP contribution in [0, 0.1) is 0 Å². The molecule has 0 bridgehead atoms. The molecule has 3 heteroatoms. The highest BCUT2D eigenvalue weighted by atomic mass is 35.5. The smallest absolute Gasteiger partial charge is 0.305 e. The van der Waals surface area contributed by atoms with E-state index in [2.05, 4.69) is 0 Å². The number of esters is 1. The molecule has 78 valence electrons. The van der Waals surface area contributed by atoms with Crippen LogP contribution >= 0.6 is 11.6 Å². The summed E-state index contributed by atoms with van der Waals surface area (Å²) in [5.41, 5.74) is 0. The summed E-state index contributed by atoms with van der Waals surface area (Å²) in [4.78, 5) is 10.9. The van der Waals surface area contributed by atoms with Gasteiger partial charge >= 0.3 is 5.97 Å². The molecule has 13 heavy (non-hydrogen) atoms. The molecule has 1 unspecified atom stereocenters. The molecule has 0 heterocycles. The van der Waals surface area contributed by atoms with Crippen molar-refractivity contribution in [3.05, 3.63) is 0 Å². The Balaban J connectivity index is 3.11. The van der Waals surface area contributed by atoms with Crippen LogP contribution in [-0.2, 0) is 9.53 Å². The van der Waals surface area contributed by atoms with Crippen molar-refractivity contribution in [3.8, 4) is 0 Å². The third kappa shape index (κ3) is 9.68. The van der Waals surface area contributed by atoms with E-state index in [-0.39, 0.29) is 11.3 Å². The van der Waals surface area contributed by atoms with Crippen molar-refractivity contribution >= 4 is 17.6 Å². The molecule has 0 radical (unpaired) electrons. The largest absolute Gasteiger partial charge is 0.466 e. The van der Waals surface area contributed by atoms with Gasteiger partial charge in [0.15, 0.2) is 0 Å². The topological polar surface area (TPSA) is 26.3 Å². The summed E-state index contributed by atoms with van der Waals surface area (Å²) in [5.74, 6) is -0.0820. The number of carbonyl (C=O) groups is 1. The molecule has 0 rings (SSSR count). The number of rotatable bonds is 7. The Kier molecular flexibility index (Phi) is 8.21. The van der Waals surface area contributed by atoms with Crippen LogP contribution in [0.2, 0.25) is 0 Å². The van der Waals surface area contributed by atoms with E-state index < -0.39 is 0 Å². The average molecular weight is 207 g/mol. The number of unbranched alkanes of at least 4 members (excludes halogenated alkanes) is 2. The minimum Gasteiger partial charge on any atom is -0.466 e. The standard InChI is InChI=1S/C10H19ClO2/c1-3-13-10(12)8-6-4-5-7-9(2)11/h9H,3-8H2,1-2H3. The van der Waals surface area contributed by atoms with Gasteiger partial charge in [0, 0.05) is 11.8 Å². The SMILES string of the molecule is CCOC(=O)CCCCCC(C)Cl. The first-order valence-electron chi connectivity index (χ1n) is 4.96. The van der Waals surface area contributed by atoms with Gasteiger partial charge in [-0.3, -0.25) is 4.79 Å². The maximum atomic E-state index is 10.9.